The van der Waals surface area contributed by atoms with E-state index < -0.39 is 0 Å². The minimum atomic E-state index is 0. The van der Waals surface area contributed by atoms with E-state index in [0.29, 0.717) is 0 Å². The van der Waals surface area contributed by atoms with Crippen molar-refractivity contribution < 1.29 is 48.2 Å². The monoisotopic (exact) mass is 417 g/mol. The van der Waals surface area contributed by atoms with Crippen LogP contribution in [0.15, 0.2) is 0 Å². The molecule has 0 aliphatic rings. The molecule has 12 heavy (non-hydrogen) atoms. The van der Waals surface area contributed by atoms with Crippen LogP contribution in [0.5, 0.6) is 0 Å². The minimum absolute atomic E-state index is 0. The minimum Gasteiger partial charge on any atom is -0.512 e. The zero-order valence-corrected chi connectivity index (χ0v) is 10.6. The molecule has 60 valence electrons. The van der Waals surface area contributed by atoms with Crippen molar-refractivity contribution in [2.45, 2.75) is 0 Å². The summed E-state index contributed by atoms with van der Waals surface area (Å²) < 4.78 is 0. The van der Waals surface area contributed by atoms with Crippen LogP contribution in [-0.2, 0) is 48.2 Å². The smallest absolute Gasteiger partial charge is 0.512 e. The molecule has 0 atom stereocenters. The molecule has 0 unspecified atom stereocenters. The number of hydrogen-bond acceptors (Lipinski definition) is 5. The molecule has 5 nitrogen and oxygen atoms in total. The van der Waals surface area contributed by atoms with Crippen molar-refractivity contribution in [3.05, 3.63) is 32.9 Å². The first-order valence-electron chi connectivity index (χ1n) is 1.12. The predicted octanol–water partition coefficient (Wildman–Crippen LogP) is 0.477. The van der Waals surface area contributed by atoms with Gasteiger partial charge in [-0.1, -0.05) is 0 Å². The first kappa shape index (κ1) is 67.9. The van der Waals surface area contributed by atoms with Gasteiger partial charge in [0.1, 0.15) is 0 Å². The van der Waals surface area contributed by atoms with Gasteiger partial charge in [0.05, 0.1) is 0 Å². The molecule has 0 N–H and O–H groups in total. The SMILES string of the molecule is [Ag+].[C-]#N.[C-]#N.[C-]#N.[C-]#N.[C-]#N.[Hf+4]. The zero-order chi connectivity index (χ0) is 10.0. The van der Waals surface area contributed by atoms with Crippen LogP contribution >= 0.6 is 0 Å². The Hall–Kier alpha value is -0.940. The predicted molar refractivity (Wildman–Crippen MR) is 24.8 cm³/mol. The fraction of sp³-hybridized carbons (Fsp3) is 0. The van der Waals surface area contributed by atoms with Crippen molar-refractivity contribution in [3.63, 3.8) is 0 Å². The van der Waals surface area contributed by atoms with Gasteiger partial charge in [-0.3, -0.25) is 0 Å². The van der Waals surface area contributed by atoms with Crippen LogP contribution in [0.25, 0.3) is 0 Å². The van der Waals surface area contributed by atoms with Crippen LogP contribution in [0.4, 0.5) is 0 Å². The van der Waals surface area contributed by atoms with Crippen molar-refractivity contribution in [2.24, 2.45) is 0 Å². The van der Waals surface area contributed by atoms with E-state index in [1.165, 1.54) is 0 Å². The van der Waals surface area contributed by atoms with Gasteiger partial charge < -0.3 is 59.2 Å². The van der Waals surface area contributed by atoms with Crippen molar-refractivity contribution in [1.82, 2.24) is 0 Å². The van der Waals surface area contributed by atoms with Gasteiger partial charge in [-0.25, -0.2) is 0 Å². The molecular weight excluding hydrogens is 416 g/mol. The van der Waals surface area contributed by atoms with E-state index >= 15 is 0 Å². The maximum absolute atomic E-state index is 6.25. The van der Waals surface area contributed by atoms with Gasteiger partial charge in [-0.05, 0) is 0 Å². The van der Waals surface area contributed by atoms with E-state index in [0.717, 1.165) is 0 Å². The van der Waals surface area contributed by atoms with Gasteiger partial charge in [-0.15, -0.1) is 0 Å². The third-order valence-electron chi connectivity index (χ3n) is 0. The van der Waals surface area contributed by atoms with Crippen LogP contribution in [-0.4, -0.2) is 0 Å². The molecule has 7 heteroatoms. The second kappa shape index (κ2) is 935. The summed E-state index contributed by atoms with van der Waals surface area (Å²) in [6.07, 6.45) is 0. The molecule has 0 heterocycles. The number of hydrogen-bond donors (Lipinski definition) is 0. The van der Waals surface area contributed by atoms with Crippen molar-refractivity contribution in [2.75, 3.05) is 0 Å². The first-order chi connectivity index (χ1) is 5.00. The Labute approximate surface area is 107 Å². The standard InChI is InChI=1S/5CN.Ag.Hf/c5*1-2;;/q5*-1;+1;+4. The van der Waals surface area contributed by atoms with Crippen molar-refractivity contribution >= 4 is 0 Å². The van der Waals surface area contributed by atoms with Gasteiger partial charge in [0.25, 0.3) is 0 Å². The zero-order valence-electron chi connectivity index (χ0n) is 5.54. The van der Waals surface area contributed by atoms with Gasteiger partial charge in [0.15, 0.2) is 0 Å². The van der Waals surface area contributed by atoms with Crippen molar-refractivity contribution in [1.29, 1.82) is 26.3 Å². The number of nitrogens with zero attached hydrogens (tertiary/aromatic N) is 5. The molecule has 0 aromatic heterocycles. The molecule has 0 bridgehead atoms. The van der Waals surface area contributed by atoms with E-state index in [1.807, 2.05) is 0 Å². The molecule has 0 aliphatic heterocycles. The Morgan fingerprint density at radius 3 is 0.417 bits per heavy atom. The summed E-state index contributed by atoms with van der Waals surface area (Å²) in [4.78, 5) is 0. The van der Waals surface area contributed by atoms with Gasteiger partial charge >= 0.3 is 48.2 Å². The van der Waals surface area contributed by atoms with E-state index in [-0.39, 0.29) is 48.2 Å². The van der Waals surface area contributed by atoms with Crippen molar-refractivity contribution in [3.8, 4) is 0 Å². The molecule has 0 saturated heterocycles. The van der Waals surface area contributed by atoms with E-state index in [4.69, 9.17) is 59.2 Å². The summed E-state index contributed by atoms with van der Waals surface area (Å²) in [5.74, 6) is 0. The topological polar surface area (TPSA) is 119 Å². The average Bonchev–Trinajstić information content (AvgIpc) is 2.20. The molecule has 0 radical (unpaired) electrons. The molecular formula is C5AgHfN5. The summed E-state index contributed by atoms with van der Waals surface area (Å²) in [5, 5.41) is 31.2. The van der Waals surface area contributed by atoms with Crippen LogP contribution in [0, 0.1) is 59.2 Å². The Morgan fingerprint density at radius 2 is 0.417 bits per heavy atom. The fourth-order valence-electron chi connectivity index (χ4n) is 0. The first-order valence-corrected chi connectivity index (χ1v) is 1.12. The van der Waals surface area contributed by atoms with E-state index in [9.17, 15) is 0 Å². The molecule has 0 aromatic rings. The summed E-state index contributed by atoms with van der Waals surface area (Å²) in [6.45, 7) is 23.8. The summed E-state index contributed by atoms with van der Waals surface area (Å²) in [7, 11) is 0. The fourth-order valence-corrected chi connectivity index (χ4v) is 0. The Morgan fingerprint density at radius 1 is 0.417 bits per heavy atom. The third kappa shape index (κ3) is 667. The van der Waals surface area contributed by atoms with Gasteiger partial charge in [0.2, 0.25) is 0 Å². The summed E-state index contributed by atoms with van der Waals surface area (Å²) >= 11 is 0. The van der Waals surface area contributed by atoms with E-state index in [2.05, 4.69) is 0 Å². The third-order valence-corrected chi connectivity index (χ3v) is 0. The Kier molecular flexibility index (Phi) is 5290. The maximum Gasteiger partial charge on any atom is 4.00 e. The summed E-state index contributed by atoms with van der Waals surface area (Å²) in [5.41, 5.74) is 0. The van der Waals surface area contributed by atoms with Crippen LogP contribution in [0.3, 0.4) is 0 Å². The second-order valence-corrected chi connectivity index (χ2v) is 0. The molecule has 0 amide bonds. The van der Waals surface area contributed by atoms with Crippen LogP contribution in [0.2, 0.25) is 0 Å². The quantitative estimate of drug-likeness (QED) is 0.420. The molecule has 0 aliphatic carbocycles. The normalized spacial score (nSPS) is 0.833. The Bertz CT molecular complexity index is 78.4. The second-order valence-electron chi connectivity index (χ2n) is 0. The van der Waals surface area contributed by atoms with Gasteiger partial charge in [0, 0.05) is 0 Å². The molecule has 0 rings (SSSR count). The molecule has 0 aromatic carbocycles. The van der Waals surface area contributed by atoms with Crippen LogP contribution < -0.4 is 0 Å². The Balaban J connectivity index is -0.00000000500. The average molecular weight is 416 g/mol. The summed E-state index contributed by atoms with van der Waals surface area (Å²) in [6, 6.07) is 0. The number of rotatable bonds is 0. The van der Waals surface area contributed by atoms with Crippen LogP contribution in [0.1, 0.15) is 0 Å². The maximum atomic E-state index is 6.25. The molecule has 0 spiro atoms. The molecule has 0 saturated carbocycles. The largest absolute Gasteiger partial charge is 4.00 e. The van der Waals surface area contributed by atoms with E-state index in [1.54, 1.807) is 0 Å². The molecule has 0 fully saturated rings. The van der Waals surface area contributed by atoms with Gasteiger partial charge in [-0.2, -0.15) is 0 Å².